The molecule has 0 spiro atoms. The number of nitriles is 1. The van der Waals surface area contributed by atoms with E-state index in [-0.39, 0.29) is 36.0 Å². The third-order valence-corrected chi connectivity index (χ3v) is 0.505. The molecule has 0 bridgehead atoms. The fourth-order valence-electron chi connectivity index (χ4n) is 0.190. The monoisotopic (exact) mass is 121 g/mol. The minimum Gasteiger partial charge on any atom is -0.849 e. The van der Waals surface area contributed by atoms with E-state index in [4.69, 9.17) is 5.26 Å². The molecule has 0 aliphatic carbocycles. The van der Waals surface area contributed by atoms with Gasteiger partial charge in [0.2, 0.25) is 0 Å². The molecule has 0 heterocycles. The molecule has 0 rings (SSSR count). The van der Waals surface area contributed by atoms with Gasteiger partial charge in [-0.3, -0.25) is 0 Å². The minimum absolute atomic E-state index is 0. The van der Waals surface area contributed by atoms with E-state index in [1.54, 1.807) is 6.07 Å². The zero-order valence-corrected chi connectivity index (χ0v) is 7.56. The van der Waals surface area contributed by atoms with E-state index in [1.807, 2.05) is 0 Å². The number of nitrogens with zero attached hydrogens (tertiary/aromatic N) is 1. The van der Waals surface area contributed by atoms with Crippen LogP contribution in [0.25, 0.3) is 0 Å². The molecule has 0 fully saturated rings. The second-order valence-electron chi connectivity index (χ2n) is 2.09. The molecule has 0 aliphatic rings. The fourth-order valence-corrected chi connectivity index (χ4v) is 0.190. The Bertz CT molecular complexity index is 89.6. The molecular formula is C5H8NNaO. The first-order valence-electron chi connectivity index (χ1n) is 2.13. The Morgan fingerprint density at radius 3 is 2.00 bits per heavy atom. The van der Waals surface area contributed by atoms with E-state index in [9.17, 15) is 5.11 Å². The average Bonchev–Trinajstić information content (AvgIpc) is 1.30. The van der Waals surface area contributed by atoms with Crippen LogP contribution in [0.1, 0.15) is 20.3 Å². The molecule has 0 unspecified atom stereocenters. The number of rotatable bonds is 1. The van der Waals surface area contributed by atoms with E-state index in [1.165, 1.54) is 13.8 Å². The third kappa shape index (κ3) is 9.67. The summed E-state index contributed by atoms with van der Waals surface area (Å²) >= 11 is 0. The van der Waals surface area contributed by atoms with Crippen molar-refractivity contribution in [1.29, 1.82) is 5.26 Å². The zero-order valence-electron chi connectivity index (χ0n) is 5.56. The van der Waals surface area contributed by atoms with Crippen LogP contribution in [0.3, 0.4) is 0 Å². The Kier molecular flexibility index (Phi) is 6.12. The summed E-state index contributed by atoms with van der Waals surface area (Å²) in [5.41, 5.74) is -1.06. The quantitative estimate of drug-likeness (QED) is 0.348. The summed E-state index contributed by atoms with van der Waals surface area (Å²) in [6.45, 7) is 2.99. The van der Waals surface area contributed by atoms with Crippen LogP contribution in [0.4, 0.5) is 0 Å². The van der Waals surface area contributed by atoms with Crippen molar-refractivity contribution in [3.8, 4) is 6.07 Å². The van der Waals surface area contributed by atoms with Crippen molar-refractivity contribution < 1.29 is 34.7 Å². The van der Waals surface area contributed by atoms with Crippen molar-refractivity contribution in [3.63, 3.8) is 0 Å². The fraction of sp³-hybridized carbons (Fsp3) is 0.800. The van der Waals surface area contributed by atoms with Gasteiger partial charge in [0.1, 0.15) is 0 Å². The topological polar surface area (TPSA) is 46.8 Å². The van der Waals surface area contributed by atoms with Crippen molar-refractivity contribution in [1.82, 2.24) is 0 Å². The molecule has 0 atom stereocenters. The van der Waals surface area contributed by atoms with Crippen LogP contribution in [-0.2, 0) is 0 Å². The van der Waals surface area contributed by atoms with Gasteiger partial charge in [0.05, 0.1) is 6.07 Å². The van der Waals surface area contributed by atoms with Crippen molar-refractivity contribution in [2.75, 3.05) is 0 Å². The molecule has 0 saturated carbocycles. The molecule has 0 radical (unpaired) electrons. The largest absolute Gasteiger partial charge is 1.00 e. The summed E-state index contributed by atoms with van der Waals surface area (Å²) in [5, 5.41) is 18.4. The molecule has 0 N–H and O–H groups in total. The van der Waals surface area contributed by atoms with Crippen LogP contribution in [0.2, 0.25) is 0 Å². The van der Waals surface area contributed by atoms with Gasteiger partial charge in [-0.1, -0.05) is 13.8 Å². The summed E-state index contributed by atoms with van der Waals surface area (Å²) in [7, 11) is 0. The molecule has 2 nitrogen and oxygen atoms in total. The van der Waals surface area contributed by atoms with Gasteiger partial charge in [-0.15, -0.1) is 5.60 Å². The second kappa shape index (κ2) is 4.34. The van der Waals surface area contributed by atoms with Crippen LogP contribution in [0.15, 0.2) is 0 Å². The van der Waals surface area contributed by atoms with E-state index in [0.717, 1.165) is 0 Å². The molecule has 0 aromatic carbocycles. The predicted molar refractivity (Wildman–Crippen MR) is 24.3 cm³/mol. The van der Waals surface area contributed by atoms with Gasteiger partial charge in [0, 0.05) is 6.42 Å². The van der Waals surface area contributed by atoms with Crippen LogP contribution in [0.5, 0.6) is 0 Å². The Morgan fingerprint density at radius 2 is 2.00 bits per heavy atom. The molecule has 8 heavy (non-hydrogen) atoms. The SMILES string of the molecule is CC(C)([O-])CC#N.[Na+]. The van der Waals surface area contributed by atoms with Crippen LogP contribution in [-0.4, -0.2) is 5.60 Å². The van der Waals surface area contributed by atoms with Crippen molar-refractivity contribution in [2.24, 2.45) is 0 Å². The first-order valence-corrected chi connectivity index (χ1v) is 2.13. The maximum Gasteiger partial charge on any atom is 1.00 e. The van der Waals surface area contributed by atoms with Gasteiger partial charge in [-0.25, -0.2) is 0 Å². The van der Waals surface area contributed by atoms with Crippen LogP contribution < -0.4 is 34.7 Å². The van der Waals surface area contributed by atoms with Gasteiger partial charge < -0.3 is 5.11 Å². The predicted octanol–water partition coefficient (Wildman–Crippen LogP) is -2.96. The van der Waals surface area contributed by atoms with Crippen molar-refractivity contribution >= 4 is 0 Å². The normalized spacial score (nSPS) is 9.25. The standard InChI is InChI=1S/C5H8NO.Na/c1-5(2,7)3-4-6;/h3H2,1-2H3;/q-1;+1. The summed E-state index contributed by atoms with van der Waals surface area (Å²) in [4.78, 5) is 0. The molecule has 0 aliphatic heterocycles. The van der Waals surface area contributed by atoms with Gasteiger partial charge in [0.25, 0.3) is 0 Å². The molecule has 0 aromatic heterocycles. The molecular weight excluding hydrogens is 113 g/mol. The Labute approximate surface area is 71.8 Å². The minimum atomic E-state index is -1.06. The third-order valence-electron chi connectivity index (χ3n) is 0.505. The Balaban J connectivity index is 0. The van der Waals surface area contributed by atoms with Gasteiger partial charge in [-0.2, -0.15) is 5.26 Å². The maximum absolute atomic E-state index is 10.5. The summed E-state index contributed by atoms with van der Waals surface area (Å²) < 4.78 is 0. The average molecular weight is 121 g/mol. The molecule has 0 aromatic rings. The molecule has 0 amide bonds. The molecule has 0 saturated heterocycles. The van der Waals surface area contributed by atoms with Gasteiger partial charge in [-0.05, 0) is 0 Å². The van der Waals surface area contributed by atoms with E-state index in [2.05, 4.69) is 0 Å². The maximum atomic E-state index is 10.5. The molecule has 40 valence electrons. The van der Waals surface area contributed by atoms with Crippen LogP contribution in [0, 0.1) is 11.3 Å². The summed E-state index contributed by atoms with van der Waals surface area (Å²) in [6, 6.07) is 1.80. The first kappa shape index (κ1) is 11.3. The van der Waals surface area contributed by atoms with Crippen molar-refractivity contribution in [3.05, 3.63) is 0 Å². The Hall–Kier alpha value is 0.450. The van der Waals surface area contributed by atoms with Gasteiger partial charge in [0.15, 0.2) is 0 Å². The van der Waals surface area contributed by atoms with Crippen LogP contribution >= 0.6 is 0 Å². The van der Waals surface area contributed by atoms with E-state index < -0.39 is 5.60 Å². The van der Waals surface area contributed by atoms with E-state index >= 15 is 0 Å². The first-order chi connectivity index (χ1) is 3.06. The van der Waals surface area contributed by atoms with E-state index in [0.29, 0.717) is 0 Å². The number of hydrogen-bond acceptors (Lipinski definition) is 2. The molecule has 3 heteroatoms. The second-order valence-corrected chi connectivity index (χ2v) is 2.09. The van der Waals surface area contributed by atoms with Gasteiger partial charge >= 0.3 is 29.6 Å². The Morgan fingerprint density at radius 1 is 1.62 bits per heavy atom. The summed E-state index contributed by atoms with van der Waals surface area (Å²) in [6.07, 6.45) is 0.0903. The zero-order chi connectivity index (χ0) is 5.91. The number of hydrogen-bond donors (Lipinski definition) is 0. The summed E-state index contributed by atoms with van der Waals surface area (Å²) in [5.74, 6) is 0. The smallest absolute Gasteiger partial charge is 0.849 e. The van der Waals surface area contributed by atoms with Crippen molar-refractivity contribution in [2.45, 2.75) is 25.9 Å².